The number of aromatic nitrogens is 1. The Hall–Kier alpha value is -2.97. The van der Waals surface area contributed by atoms with Gasteiger partial charge >= 0.3 is 12.3 Å². The molecule has 0 spiro atoms. The molecule has 1 N–H and O–H groups in total. The smallest absolute Gasteiger partial charge is 0.428 e. The molecule has 0 aliphatic carbocycles. The molecule has 130 valence electrons. The van der Waals surface area contributed by atoms with Crippen LogP contribution in [0.4, 0.5) is 22.4 Å². The first-order valence-electron chi connectivity index (χ1n) is 7.13. The number of cyclic esters (lactones) is 1. The molecule has 0 radical (unpaired) electrons. The Labute approximate surface area is 139 Å². The number of nitrogens with one attached hydrogen (secondary N) is 1. The number of carbonyl (C=O) groups is 1. The molecule has 0 fully saturated rings. The average molecular weight is 353 g/mol. The summed E-state index contributed by atoms with van der Waals surface area (Å²) in [4.78, 5) is 15.1. The van der Waals surface area contributed by atoms with Crippen molar-refractivity contribution in [3.8, 4) is 11.3 Å². The minimum absolute atomic E-state index is 0.0325. The number of hydrogen-bond donors (Lipinski definition) is 1. The van der Waals surface area contributed by atoms with E-state index in [1.54, 1.807) is 6.92 Å². The molecule has 1 aromatic carbocycles. The van der Waals surface area contributed by atoms with Gasteiger partial charge in [-0.1, -0.05) is 0 Å². The minimum Gasteiger partial charge on any atom is -0.439 e. The predicted molar refractivity (Wildman–Crippen MR) is 80.2 cm³/mol. The zero-order valence-corrected chi connectivity index (χ0v) is 12.8. The molecule has 0 saturated carbocycles. The van der Waals surface area contributed by atoms with Gasteiger partial charge in [-0.2, -0.15) is 18.3 Å². The Morgan fingerprint density at radius 3 is 2.56 bits per heavy atom. The number of hydrogen-bond acceptors (Lipinski definition) is 4. The fourth-order valence-corrected chi connectivity index (χ4v) is 2.42. The lowest BCUT2D eigenvalue weighted by Gasteiger charge is -2.20. The van der Waals surface area contributed by atoms with Crippen molar-refractivity contribution < 1.29 is 27.1 Å². The number of ether oxygens (including phenoxy) is 1. The monoisotopic (exact) mass is 353 g/mol. The van der Waals surface area contributed by atoms with Crippen LogP contribution in [0.2, 0.25) is 0 Å². The van der Waals surface area contributed by atoms with Gasteiger partial charge in [-0.15, -0.1) is 0 Å². The molecule has 1 unspecified atom stereocenters. The van der Waals surface area contributed by atoms with Gasteiger partial charge in [-0.25, -0.2) is 14.6 Å². The van der Waals surface area contributed by atoms with Crippen LogP contribution in [-0.2, 0) is 10.9 Å². The van der Waals surface area contributed by atoms with Crippen molar-refractivity contribution in [1.29, 1.82) is 0 Å². The molecule has 0 saturated heterocycles. The van der Waals surface area contributed by atoms with Crippen LogP contribution in [0, 0.1) is 5.82 Å². The number of rotatable bonds is 2. The standard InChI is InChI=1S/C16H11F4N3O2/c1-8-14(22-23-15(24)25-8)9-2-5-13(21-7-9)11-4-3-10(17)6-12(11)16(18,19)20/h2-8H,1H3,(H,23,24). The molecular weight excluding hydrogens is 342 g/mol. The van der Waals surface area contributed by atoms with Gasteiger partial charge in [0.05, 0.1) is 11.3 Å². The first-order valence-corrected chi connectivity index (χ1v) is 7.13. The highest BCUT2D eigenvalue weighted by Gasteiger charge is 2.34. The third-order valence-corrected chi connectivity index (χ3v) is 3.56. The van der Waals surface area contributed by atoms with Crippen LogP contribution in [0.3, 0.4) is 0 Å². The van der Waals surface area contributed by atoms with E-state index in [-0.39, 0.29) is 11.3 Å². The molecule has 5 nitrogen and oxygen atoms in total. The zero-order chi connectivity index (χ0) is 18.2. The quantitative estimate of drug-likeness (QED) is 0.837. The highest BCUT2D eigenvalue weighted by atomic mass is 19.4. The Bertz CT molecular complexity index is 847. The molecule has 1 aliphatic heterocycles. The van der Waals surface area contributed by atoms with Crippen LogP contribution >= 0.6 is 0 Å². The van der Waals surface area contributed by atoms with Crippen LogP contribution in [0.1, 0.15) is 18.1 Å². The van der Waals surface area contributed by atoms with Crippen LogP contribution < -0.4 is 5.43 Å². The molecule has 2 heterocycles. The molecule has 0 bridgehead atoms. The van der Waals surface area contributed by atoms with E-state index in [4.69, 9.17) is 4.74 Å². The SMILES string of the molecule is CC1OC(=O)NN=C1c1ccc(-c2ccc(F)cc2C(F)(F)F)nc1. The Balaban J connectivity index is 1.98. The number of halogens is 4. The van der Waals surface area contributed by atoms with E-state index in [9.17, 15) is 22.4 Å². The van der Waals surface area contributed by atoms with E-state index in [0.29, 0.717) is 17.3 Å². The maximum absolute atomic E-state index is 13.2. The zero-order valence-electron chi connectivity index (χ0n) is 12.8. The minimum atomic E-state index is -4.71. The Morgan fingerprint density at radius 2 is 1.96 bits per heavy atom. The lowest BCUT2D eigenvalue weighted by atomic mass is 10.0. The summed E-state index contributed by atoms with van der Waals surface area (Å²) in [6.45, 7) is 1.60. The third-order valence-electron chi connectivity index (χ3n) is 3.56. The maximum atomic E-state index is 13.2. The fraction of sp³-hybridized carbons (Fsp3) is 0.188. The van der Waals surface area contributed by atoms with Gasteiger partial charge < -0.3 is 4.74 Å². The van der Waals surface area contributed by atoms with E-state index in [1.165, 1.54) is 18.3 Å². The predicted octanol–water partition coefficient (Wildman–Crippen LogP) is 3.74. The fourth-order valence-electron chi connectivity index (χ4n) is 2.42. The van der Waals surface area contributed by atoms with E-state index < -0.39 is 29.8 Å². The first-order chi connectivity index (χ1) is 11.8. The average Bonchev–Trinajstić information content (AvgIpc) is 2.54. The molecule has 1 amide bonds. The number of alkyl halides is 3. The first kappa shape index (κ1) is 16.9. The molecule has 25 heavy (non-hydrogen) atoms. The van der Waals surface area contributed by atoms with Gasteiger partial charge in [0.1, 0.15) is 17.6 Å². The van der Waals surface area contributed by atoms with Crippen molar-refractivity contribution >= 4 is 11.8 Å². The van der Waals surface area contributed by atoms with E-state index in [0.717, 1.165) is 12.1 Å². The third kappa shape index (κ3) is 3.44. The van der Waals surface area contributed by atoms with Gasteiger partial charge in [0.2, 0.25) is 0 Å². The summed E-state index contributed by atoms with van der Waals surface area (Å²) < 4.78 is 57.4. The van der Waals surface area contributed by atoms with Crippen LogP contribution in [-0.4, -0.2) is 22.9 Å². The Morgan fingerprint density at radius 1 is 1.20 bits per heavy atom. The van der Waals surface area contributed by atoms with Crippen LogP contribution in [0.25, 0.3) is 11.3 Å². The molecule has 3 rings (SSSR count). The summed E-state index contributed by atoms with van der Waals surface area (Å²) in [5.41, 5.74) is 1.71. The number of amides is 1. The van der Waals surface area contributed by atoms with Crippen molar-refractivity contribution in [1.82, 2.24) is 10.4 Å². The summed E-state index contributed by atoms with van der Waals surface area (Å²) in [7, 11) is 0. The van der Waals surface area contributed by atoms with Crippen molar-refractivity contribution in [2.24, 2.45) is 5.10 Å². The summed E-state index contributed by atoms with van der Waals surface area (Å²) in [5.74, 6) is -0.981. The number of pyridine rings is 1. The molecule has 1 atom stereocenters. The number of hydrazone groups is 1. The second kappa shape index (κ2) is 6.15. The molecule has 2 aromatic rings. The van der Waals surface area contributed by atoms with Gasteiger partial charge in [0.15, 0.2) is 0 Å². The van der Waals surface area contributed by atoms with E-state index >= 15 is 0 Å². The summed E-state index contributed by atoms with van der Waals surface area (Å²) in [5, 5.41) is 3.86. The van der Waals surface area contributed by atoms with Crippen LogP contribution in [0.15, 0.2) is 41.6 Å². The van der Waals surface area contributed by atoms with Crippen LogP contribution in [0.5, 0.6) is 0 Å². The molecule has 1 aliphatic rings. The summed E-state index contributed by atoms with van der Waals surface area (Å²) >= 11 is 0. The normalized spacial score (nSPS) is 17.6. The van der Waals surface area contributed by atoms with E-state index in [2.05, 4.69) is 15.5 Å². The van der Waals surface area contributed by atoms with E-state index in [1.807, 2.05) is 0 Å². The highest BCUT2D eigenvalue weighted by molar-refractivity contribution is 6.05. The van der Waals surface area contributed by atoms with Crippen molar-refractivity contribution in [2.75, 3.05) is 0 Å². The topological polar surface area (TPSA) is 63.6 Å². The lowest BCUT2D eigenvalue weighted by Crippen LogP contribution is -2.37. The highest BCUT2D eigenvalue weighted by Crippen LogP contribution is 2.36. The number of carbonyl (C=O) groups excluding carboxylic acids is 1. The Kier molecular flexibility index (Phi) is 4.15. The largest absolute Gasteiger partial charge is 0.439 e. The second-order valence-corrected chi connectivity index (χ2v) is 5.28. The van der Waals surface area contributed by atoms with Gasteiger partial charge in [0.25, 0.3) is 0 Å². The van der Waals surface area contributed by atoms with Crippen molar-refractivity contribution in [3.05, 3.63) is 53.5 Å². The maximum Gasteiger partial charge on any atom is 0.428 e. The summed E-state index contributed by atoms with van der Waals surface area (Å²) in [6, 6.07) is 5.27. The number of benzene rings is 1. The van der Waals surface area contributed by atoms with Gasteiger partial charge in [-0.05, 0) is 37.3 Å². The molecule has 1 aromatic heterocycles. The molecular formula is C16H11F4N3O2. The van der Waals surface area contributed by atoms with Crippen molar-refractivity contribution in [3.63, 3.8) is 0 Å². The number of nitrogens with zero attached hydrogens (tertiary/aromatic N) is 2. The van der Waals surface area contributed by atoms with Crippen molar-refractivity contribution in [2.45, 2.75) is 19.2 Å². The lowest BCUT2D eigenvalue weighted by molar-refractivity contribution is -0.137. The van der Waals surface area contributed by atoms with Gasteiger partial charge in [0, 0.05) is 17.3 Å². The second-order valence-electron chi connectivity index (χ2n) is 5.28. The van der Waals surface area contributed by atoms with Gasteiger partial charge in [-0.3, -0.25) is 4.98 Å². The summed E-state index contributed by atoms with van der Waals surface area (Å²) in [6.07, 6.45) is -4.72. The molecule has 9 heteroatoms.